The molecule has 0 aliphatic rings. The maximum Gasteiger partial charge on any atom is 0.325 e. The van der Waals surface area contributed by atoms with Crippen LogP contribution in [0.25, 0.3) is 0 Å². The Morgan fingerprint density at radius 3 is 2.86 bits per heavy atom. The standard InChI is InChI=1S/C9H11NO4/c1-13-8-4-6(2-3-7(8)11)14-9(12)5-10/h2-4,11H,5,10H2,1H3. The number of phenolic OH excluding ortho intramolecular Hbond substituents is 1. The highest BCUT2D eigenvalue weighted by molar-refractivity contribution is 5.74. The van der Waals surface area contributed by atoms with Crippen molar-refractivity contribution in [3.8, 4) is 17.2 Å². The van der Waals surface area contributed by atoms with Crippen LogP contribution in [0.15, 0.2) is 18.2 Å². The largest absolute Gasteiger partial charge is 0.504 e. The topological polar surface area (TPSA) is 81.8 Å². The van der Waals surface area contributed by atoms with E-state index in [2.05, 4.69) is 0 Å². The van der Waals surface area contributed by atoms with Crippen LogP contribution >= 0.6 is 0 Å². The summed E-state index contributed by atoms with van der Waals surface area (Å²) in [6.45, 7) is -0.191. The fourth-order valence-corrected chi connectivity index (χ4v) is 0.895. The molecular formula is C9H11NO4. The number of rotatable bonds is 3. The summed E-state index contributed by atoms with van der Waals surface area (Å²) < 4.78 is 9.63. The second kappa shape index (κ2) is 4.48. The molecule has 14 heavy (non-hydrogen) atoms. The first-order valence-electron chi connectivity index (χ1n) is 3.95. The molecule has 5 nitrogen and oxygen atoms in total. The van der Waals surface area contributed by atoms with E-state index in [4.69, 9.17) is 15.2 Å². The second-order valence-electron chi connectivity index (χ2n) is 2.51. The number of methoxy groups -OCH3 is 1. The van der Waals surface area contributed by atoms with Crippen LogP contribution in [0.4, 0.5) is 0 Å². The monoisotopic (exact) mass is 197 g/mol. The lowest BCUT2D eigenvalue weighted by Crippen LogP contribution is -2.19. The third-order valence-electron chi connectivity index (χ3n) is 1.55. The minimum Gasteiger partial charge on any atom is -0.504 e. The lowest BCUT2D eigenvalue weighted by Gasteiger charge is -2.06. The Kier molecular flexibility index (Phi) is 3.30. The molecule has 1 aromatic carbocycles. The molecule has 0 saturated carbocycles. The molecule has 0 aromatic heterocycles. The predicted molar refractivity (Wildman–Crippen MR) is 49.3 cm³/mol. The van der Waals surface area contributed by atoms with Gasteiger partial charge in [-0.1, -0.05) is 0 Å². The zero-order chi connectivity index (χ0) is 10.6. The van der Waals surface area contributed by atoms with Crippen molar-refractivity contribution in [3.05, 3.63) is 18.2 Å². The summed E-state index contributed by atoms with van der Waals surface area (Å²) in [5.74, 6) is -0.0276. The number of hydrogen-bond donors (Lipinski definition) is 2. The quantitative estimate of drug-likeness (QED) is 0.536. The Labute approximate surface area is 81.0 Å². The third-order valence-corrected chi connectivity index (χ3v) is 1.55. The number of phenols is 1. The van der Waals surface area contributed by atoms with Crippen LogP contribution in [0, 0.1) is 0 Å². The molecule has 0 unspecified atom stereocenters. The van der Waals surface area contributed by atoms with Crippen molar-refractivity contribution >= 4 is 5.97 Å². The summed E-state index contributed by atoms with van der Waals surface area (Å²) in [6.07, 6.45) is 0. The highest BCUT2D eigenvalue weighted by Gasteiger charge is 2.06. The maximum atomic E-state index is 10.8. The van der Waals surface area contributed by atoms with Crippen molar-refractivity contribution in [2.75, 3.05) is 13.7 Å². The molecule has 0 fully saturated rings. The lowest BCUT2D eigenvalue weighted by molar-refractivity contribution is -0.132. The normalized spacial score (nSPS) is 9.57. The fraction of sp³-hybridized carbons (Fsp3) is 0.222. The smallest absolute Gasteiger partial charge is 0.325 e. The van der Waals surface area contributed by atoms with Crippen LogP contribution in [-0.4, -0.2) is 24.7 Å². The van der Waals surface area contributed by atoms with E-state index < -0.39 is 5.97 Å². The molecular weight excluding hydrogens is 186 g/mol. The van der Waals surface area contributed by atoms with Crippen LogP contribution in [0.3, 0.4) is 0 Å². The highest BCUT2D eigenvalue weighted by Crippen LogP contribution is 2.29. The van der Waals surface area contributed by atoms with Crippen molar-refractivity contribution in [1.29, 1.82) is 0 Å². The van der Waals surface area contributed by atoms with Crippen LogP contribution in [0.5, 0.6) is 17.2 Å². The second-order valence-corrected chi connectivity index (χ2v) is 2.51. The summed E-state index contributed by atoms with van der Waals surface area (Å²) >= 11 is 0. The molecule has 0 amide bonds. The zero-order valence-electron chi connectivity index (χ0n) is 7.69. The van der Waals surface area contributed by atoms with Crippen molar-refractivity contribution in [2.45, 2.75) is 0 Å². The van der Waals surface area contributed by atoms with E-state index in [1.54, 1.807) is 0 Å². The average Bonchev–Trinajstić information content (AvgIpc) is 2.20. The van der Waals surface area contributed by atoms with Crippen LogP contribution in [0.2, 0.25) is 0 Å². The van der Waals surface area contributed by atoms with Gasteiger partial charge < -0.3 is 20.3 Å². The predicted octanol–water partition coefficient (Wildman–Crippen LogP) is 0.265. The lowest BCUT2D eigenvalue weighted by atomic mass is 10.3. The van der Waals surface area contributed by atoms with Crippen LogP contribution in [-0.2, 0) is 4.79 Å². The number of hydrogen-bond acceptors (Lipinski definition) is 5. The van der Waals surface area contributed by atoms with Gasteiger partial charge in [0.2, 0.25) is 0 Å². The Balaban J connectivity index is 2.84. The van der Waals surface area contributed by atoms with E-state index in [1.165, 1.54) is 25.3 Å². The highest BCUT2D eigenvalue weighted by atomic mass is 16.5. The first kappa shape index (κ1) is 10.3. The van der Waals surface area contributed by atoms with E-state index in [-0.39, 0.29) is 23.8 Å². The van der Waals surface area contributed by atoms with E-state index in [9.17, 15) is 9.90 Å². The molecule has 0 bridgehead atoms. The number of nitrogens with two attached hydrogens (primary N) is 1. The third kappa shape index (κ3) is 2.37. The summed E-state index contributed by atoms with van der Waals surface area (Å²) in [6, 6.07) is 4.23. The van der Waals surface area contributed by atoms with Crippen LogP contribution < -0.4 is 15.2 Å². The Morgan fingerprint density at radius 2 is 2.29 bits per heavy atom. The van der Waals surface area contributed by atoms with Gasteiger partial charge in [0.25, 0.3) is 0 Å². The molecule has 0 radical (unpaired) electrons. The SMILES string of the molecule is COc1cc(OC(=O)CN)ccc1O. The molecule has 5 heteroatoms. The zero-order valence-corrected chi connectivity index (χ0v) is 7.69. The van der Waals surface area contributed by atoms with Crippen molar-refractivity contribution < 1.29 is 19.4 Å². The Morgan fingerprint density at radius 1 is 1.57 bits per heavy atom. The Hall–Kier alpha value is -1.75. The van der Waals surface area contributed by atoms with Gasteiger partial charge in [-0.05, 0) is 12.1 Å². The maximum absolute atomic E-state index is 10.8. The first-order valence-corrected chi connectivity index (χ1v) is 3.95. The number of carbonyl (C=O) groups is 1. The number of ether oxygens (including phenoxy) is 2. The molecule has 0 aliphatic carbocycles. The van der Waals surface area contributed by atoms with Crippen molar-refractivity contribution in [1.82, 2.24) is 0 Å². The number of aromatic hydroxyl groups is 1. The van der Waals surface area contributed by atoms with Gasteiger partial charge in [-0.25, -0.2) is 0 Å². The number of carbonyl (C=O) groups excluding carboxylic acids is 1. The van der Waals surface area contributed by atoms with Crippen molar-refractivity contribution in [2.24, 2.45) is 5.73 Å². The van der Waals surface area contributed by atoms with Gasteiger partial charge in [0.15, 0.2) is 11.5 Å². The van der Waals surface area contributed by atoms with Gasteiger partial charge in [0.05, 0.1) is 13.7 Å². The summed E-state index contributed by atoms with van der Waals surface area (Å²) in [4.78, 5) is 10.8. The minimum absolute atomic E-state index is 0.0138. The fourth-order valence-electron chi connectivity index (χ4n) is 0.895. The molecule has 0 atom stereocenters. The molecule has 1 rings (SSSR count). The minimum atomic E-state index is -0.544. The average molecular weight is 197 g/mol. The molecule has 0 spiro atoms. The van der Waals surface area contributed by atoms with E-state index >= 15 is 0 Å². The Bertz CT molecular complexity index is 338. The molecule has 1 aromatic rings. The first-order chi connectivity index (χ1) is 6.67. The molecule has 3 N–H and O–H groups in total. The molecule has 76 valence electrons. The van der Waals surface area contributed by atoms with Gasteiger partial charge in [0, 0.05) is 6.07 Å². The van der Waals surface area contributed by atoms with Gasteiger partial charge in [0.1, 0.15) is 5.75 Å². The van der Waals surface area contributed by atoms with Crippen LogP contribution in [0.1, 0.15) is 0 Å². The van der Waals surface area contributed by atoms with Gasteiger partial charge in [-0.15, -0.1) is 0 Å². The van der Waals surface area contributed by atoms with Gasteiger partial charge in [-0.2, -0.15) is 0 Å². The molecule has 0 aliphatic heterocycles. The summed E-state index contributed by atoms with van der Waals surface area (Å²) in [5, 5.41) is 9.24. The van der Waals surface area contributed by atoms with Gasteiger partial charge in [-0.3, -0.25) is 4.79 Å². The van der Waals surface area contributed by atoms with E-state index in [0.717, 1.165) is 0 Å². The van der Waals surface area contributed by atoms with E-state index in [1.807, 2.05) is 0 Å². The van der Waals surface area contributed by atoms with E-state index in [0.29, 0.717) is 0 Å². The molecule has 0 heterocycles. The van der Waals surface area contributed by atoms with Gasteiger partial charge >= 0.3 is 5.97 Å². The number of benzene rings is 1. The van der Waals surface area contributed by atoms with Crippen molar-refractivity contribution in [3.63, 3.8) is 0 Å². The molecule has 0 saturated heterocycles. The number of esters is 1. The summed E-state index contributed by atoms with van der Waals surface area (Å²) in [7, 11) is 1.41. The summed E-state index contributed by atoms with van der Waals surface area (Å²) in [5.41, 5.74) is 5.07.